The van der Waals surface area contributed by atoms with Crippen LogP contribution in [0.3, 0.4) is 0 Å². The van der Waals surface area contributed by atoms with Gasteiger partial charge in [-0.2, -0.15) is 0 Å². The first-order chi connectivity index (χ1) is 8.93. The number of benzene rings is 1. The molecular formula is C14H13N3S. The van der Waals surface area contributed by atoms with Gasteiger partial charge in [-0.1, -0.05) is 24.3 Å². The van der Waals surface area contributed by atoms with Crippen LogP contribution < -0.4 is 5.32 Å². The first kappa shape index (κ1) is 11.3. The Bertz CT molecular complexity index is 629. The van der Waals surface area contributed by atoms with Crippen molar-refractivity contribution >= 4 is 22.2 Å². The fourth-order valence-corrected chi connectivity index (χ4v) is 2.54. The van der Waals surface area contributed by atoms with Gasteiger partial charge in [0.15, 0.2) is 0 Å². The van der Waals surface area contributed by atoms with Crippen LogP contribution in [0.25, 0.3) is 10.9 Å². The Labute approximate surface area is 110 Å². The van der Waals surface area contributed by atoms with Crippen molar-refractivity contribution in [3.8, 4) is 0 Å². The third-order valence-electron chi connectivity index (χ3n) is 2.79. The van der Waals surface area contributed by atoms with E-state index in [1.165, 1.54) is 10.9 Å². The van der Waals surface area contributed by atoms with E-state index in [9.17, 15) is 0 Å². The third kappa shape index (κ3) is 2.39. The molecule has 0 unspecified atom stereocenters. The molecule has 1 aromatic carbocycles. The van der Waals surface area contributed by atoms with Gasteiger partial charge in [0.1, 0.15) is 5.01 Å². The molecule has 0 aliphatic heterocycles. The van der Waals surface area contributed by atoms with Gasteiger partial charge in [0, 0.05) is 36.2 Å². The van der Waals surface area contributed by atoms with Crippen LogP contribution in [0.4, 0.5) is 0 Å². The maximum atomic E-state index is 4.44. The second kappa shape index (κ2) is 5.25. The minimum Gasteiger partial charge on any atom is -0.306 e. The fourth-order valence-electron chi connectivity index (χ4n) is 1.95. The van der Waals surface area contributed by atoms with Gasteiger partial charge in [-0.15, -0.1) is 11.3 Å². The van der Waals surface area contributed by atoms with E-state index in [1.54, 1.807) is 11.3 Å². The predicted octanol–water partition coefficient (Wildman–Crippen LogP) is 2.98. The molecule has 0 spiro atoms. The van der Waals surface area contributed by atoms with E-state index < -0.39 is 0 Å². The highest BCUT2D eigenvalue weighted by atomic mass is 32.1. The quantitative estimate of drug-likeness (QED) is 0.779. The molecular weight excluding hydrogens is 242 g/mol. The van der Waals surface area contributed by atoms with Crippen LogP contribution in [0.1, 0.15) is 10.6 Å². The molecule has 4 heteroatoms. The van der Waals surface area contributed by atoms with Crippen LogP contribution in [0, 0.1) is 0 Å². The van der Waals surface area contributed by atoms with E-state index >= 15 is 0 Å². The van der Waals surface area contributed by atoms with Gasteiger partial charge >= 0.3 is 0 Å². The number of hydrogen-bond acceptors (Lipinski definition) is 4. The summed E-state index contributed by atoms with van der Waals surface area (Å²) in [5.74, 6) is 0. The molecule has 3 rings (SSSR count). The molecule has 1 N–H and O–H groups in total. The number of hydrogen-bond donors (Lipinski definition) is 1. The summed E-state index contributed by atoms with van der Waals surface area (Å²) in [6, 6.07) is 10.3. The lowest BCUT2D eigenvalue weighted by Crippen LogP contribution is -2.12. The maximum absolute atomic E-state index is 4.44. The van der Waals surface area contributed by atoms with Gasteiger partial charge in [-0.25, -0.2) is 4.98 Å². The summed E-state index contributed by atoms with van der Waals surface area (Å²) in [7, 11) is 0. The first-order valence-electron chi connectivity index (χ1n) is 5.85. The van der Waals surface area contributed by atoms with Crippen LogP contribution in [0.2, 0.25) is 0 Å². The van der Waals surface area contributed by atoms with Gasteiger partial charge in [0.05, 0.1) is 5.52 Å². The maximum Gasteiger partial charge on any atom is 0.106 e. The Morgan fingerprint density at radius 1 is 1.00 bits per heavy atom. The molecule has 90 valence electrons. The van der Waals surface area contributed by atoms with Crippen LogP contribution in [0.15, 0.2) is 48.1 Å². The largest absolute Gasteiger partial charge is 0.306 e. The minimum atomic E-state index is 0.806. The molecule has 0 radical (unpaired) electrons. The zero-order valence-corrected chi connectivity index (χ0v) is 10.7. The van der Waals surface area contributed by atoms with Crippen molar-refractivity contribution in [2.24, 2.45) is 0 Å². The van der Waals surface area contributed by atoms with E-state index in [2.05, 4.69) is 39.6 Å². The van der Waals surface area contributed by atoms with Crippen molar-refractivity contribution in [3.05, 3.63) is 58.7 Å². The summed E-state index contributed by atoms with van der Waals surface area (Å²) in [5.41, 5.74) is 2.30. The summed E-state index contributed by atoms with van der Waals surface area (Å²) in [4.78, 5) is 8.69. The normalized spacial score (nSPS) is 10.9. The molecule has 0 saturated carbocycles. The summed E-state index contributed by atoms with van der Waals surface area (Å²) >= 11 is 1.67. The van der Waals surface area contributed by atoms with Crippen molar-refractivity contribution < 1.29 is 0 Å². The second-order valence-electron chi connectivity index (χ2n) is 4.02. The van der Waals surface area contributed by atoms with Gasteiger partial charge < -0.3 is 5.32 Å². The molecule has 0 aliphatic carbocycles. The average Bonchev–Trinajstić information content (AvgIpc) is 2.92. The Kier molecular flexibility index (Phi) is 3.30. The highest BCUT2D eigenvalue weighted by Crippen LogP contribution is 2.15. The second-order valence-corrected chi connectivity index (χ2v) is 5.00. The first-order valence-corrected chi connectivity index (χ1v) is 6.73. The van der Waals surface area contributed by atoms with Crippen molar-refractivity contribution in [1.29, 1.82) is 0 Å². The molecule has 0 saturated heterocycles. The van der Waals surface area contributed by atoms with Gasteiger partial charge in [0.2, 0.25) is 0 Å². The molecule has 0 amide bonds. The standard InChI is InChI=1S/C14H13N3S/c1-3-11-5-2-6-17-14(11)12(4-1)9-15-10-13-16-7-8-18-13/h1-8,15H,9-10H2. The number of nitrogens with zero attached hydrogens (tertiary/aromatic N) is 2. The van der Waals surface area contributed by atoms with Crippen LogP contribution in [-0.2, 0) is 13.1 Å². The van der Waals surface area contributed by atoms with Gasteiger partial charge in [-0.05, 0) is 11.6 Å². The van der Waals surface area contributed by atoms with E-state index in [-0.39, 0.29) is 0 Å². The molecule has 0 aliphatic rings. The number of pyridine rings is 1. The lowest BCUT2D eigenvalue weighted by Gasteiger charge is -2.06. The SMILES string of the molecule is c1cnc2c(CNCc3nccs3)cccc2c1. The predicted molar refractivity (Wildman–Crippen MR) is 74.4 cm³/mol. The summed E-state index contributed by atoms with van der Waals surface area (Å²) in [6.45, 7) is 1.62. The summed E-state index contributed by atoms with van der Waals surface area (Å²) in [6.07, 6.45) is 3.67. The molecule has 2 heterocycles. The zero-order chi connectivity index (χ0) is 12.2. The number of thiazole rings is 1. The molecule has 18 heavy (non-hydrogen) atoms. The highest BCUT2D eigenvalue weighted by Gasteiger charge is 2.01. The van der Waals surface area contributed by atoms with E-state index in [0.717, 1.165) is 23.6 Å². The average molecular weight is 255 g/mol. The summed E-state index contributed by atoms with van der Waals surface area (Å²) in [5, 5.41) is 7.70. The molecule has 0 fully saturated rings. The van der Waals surface area contributed by atoms with Crippen LogP contribution in [0.5, 0.6) is 0 Å². The van der Waals surface area contributed by atoms with E-state index in [1.807, 2.05) is 23.8 Å². The third-order valence-corrected chi connectivity index (χ3v) is 3.57. The van der Waals surface area contributed by atoms with Crippen molar-refractivity contribution in [2.45, 2.75) is 13.1 Å². The van der Waals surface area contributed by atoms with Crippen LogP contribution in [-0.4, -0.2) is 9.97 Å². The lowest BCUT2D eigenvalue weighted by molar-refractivity contribution is 0.692. The van der Waals surface area contributed by atoms with E-state index in [4.69, 9.17) is 0 Å². The molecule has 2 aromatic heterocycles. The van der Waals surface area contributed by atoms with Crippen LogP contribution >= 0.6 is 11.3 Å². The molecule has 0 bridgehead atoms. The van der Waals surface area contributed by atoms with Gasteiger partial charge in [0.25, 0.3) is 0 Å². The van der Waals surface area contributed by atoms with Crippen molar-refractivity contribution in [1.82, 2.24) is 15.3 Å². The monoisotopic (exact) mass is 255 g/mol. The lowest BCUT2D eigenvalue weighted by atomic mass is 10.1. The topological polar surface area (TPSA) is 37.8 Å². The molecule has 3 aromatic rings. The Balaban J connectivity index is 1.74. The number of fused-ring (bicyclic) bond motifs is 1. The minimum absolute atomic E-state index is 0.806. The fraction of sp³-hybridized carbons (Fsp3) is 0.143. The number of aromatic nitrogens is 2. The zero-order valence-electron chi connectivity index (χ0n) is 9.84. The highest BCUT2D eigenvalue weighted by molar-refractivity contribution is 7.09. The van der Waals surface area contributed by atoms with Gasteiger partial charge in [-0.3, -0.25) is 4.98 Å². The smallest absolute Gasteiger partial charge is 0.106 e. The Morgan fingerprint density at radius 3 is 2.83 bits per heavy atom. The molecule has 3 nitrogen and oxygen atoms in total. The number of para-hydroxylation sites is 1. The Hall–Kier alpha value is -1.78. The van der Waals surface area contributed by atoms with E-state index in [0.29, 0.717) is 0 Å². The number of rotatable bonds is 4. The molecule has 0 atom stereocenters. The Morgan fingerprint density at radius 2 is 1.94 bits per heavy atom. The van der Waals surface area contributed by atoms with Crippen molar-refractivity contribution in [2.75, 3.05) is 0 Å². The number of nitrogens with one attached hydrogen (secondary N) is 1. The van der Waals surface area contributed by atoms with Crippen molar-refractivity contribution in [3.63, 3.8) is 0 Å². The summed E-state index contributed by atoms with van der Waals surface area (Å²) < 4.78 is 0.